The Labute approximate surface area is 219 Å². The number of nitrogens with one attached hydrogen (secondary N) is 2. The maximum atomic E-state index is 13.4. The van der Waals surface area contributed by atoms with Gasteiger partial charge >= 0.3 is 6.09 Å². The molecule has 0 radical (unpaired) electrons. The van der Waals surface area contributed by atoms with Gasteiger partial charge in [0.2, 0.25) is 5.91 Å². The van der Waals surface area contributed by atoms with Gasteiger partial charge < -0.3 is 19.9 Å². The monoisotopic (exact) mass is 550 g/mol. The number of halogens is 1. The van der Waals surface area contributed by atoms with Crippen LogP contribution in [-0.2, 0) is 22.4 Å². The predicted molar refractivity (Wildman–Crippen MR) is 142 cm³/mol. The van der Waals surface area contributed by atoms with Gasteiger partial charge in [0.15, 0.2) is 0 Å². The molecule has 188 valence electrons. The summed E-state index contributed by atoms with van der Waals surface area (Å²) in [7, 11) is 1.30. The summed E-state index contributed by atoms with van der Waals surface area (Å²) in [6.07, 6.45) is 5.01. The predicted octanol–water partition coefficient (Wildman–Crippen LogP) is 5.65. The van der Waals surface area contributed by atoms with Gasteiger partial charge in [-0.1, -0.05) is 48.0 Å². The van der Waals surface area contributed by atoms with Gasteiger partial charge in [0.25, 0.3) is 0 Å². The second-order valence-electron chi connectivity index (χ2n) is 9.90. The number of H-pyrrole nitrogens is 1. The van der Waals surface area contributed by atoms with Crippen LogP contribution in [0.5, 0.6) is 0 Å². The zero-order valence-corrected chi connectivity index (χ0v) is 22.4. The Kier molecular flexibility index (Phi) is 6.88. The Balaban J connectivity index is 1.37. The van der Waals surface area contributed by atoms with Crippen molar-refractivity contribution in [1.29, 1.82) is 0 Å². The Morgan fingerprint density at radius 1 is 1.14 bits per heavy atom. The zero-order chi connectivity index (χ0) is 25.4. The Bertz CT molecular complexity index is 1300. The molecule has 3 aromatic rings. The summed E-state index contributed by atoms with van der Waals surface area (Å²) in [5, 5.41) is 2.70. The minimum Gasteiger partial charge on any atom is -0.453 e. The van der Waals surface area contributed by atoms with Crippen molar-refractivity contribution in [1.82, 2.24) is 20.2 Å². The van der Waals surface area contributed by atoms with Crippen LogP contribution in [-0.4, -0.2) is 46.6 Å². The topological polar surface area (TPSA) is 87.3 Å². The van der Waals surface area contributed by atoms with Crippen molar-refractivity contribution in [3.63, 3.8) is 0 Å². The second-order valence-corrected chi connectivity index (χ2v) is 10.8. The van der Waals surface area contributed by atoms with E-state index in [2.05, 4.69) is 67.6 Å². The van der Waals surface area contributed by atoms with E-state index in [1.54, 1.807) is 0 Å². The molecule has 36 heavy (non-hydrogen) atoms. The number of fused-ring (bicyclic) bond motifs is 3. The first kappa shape index (κ1) is 24.6. The number of rotatable bonds is 5. The first-order chi connectivity index (χ1) is 17.4. The fourth-order valence-corrected chi connectivity index (χ4v) is 5.79. The van der Waals surface area contributed by atoms with Crippen LogP contribution < -0.4 is 5.32 Å². The normalized spacial score (nSPS) is 17.5. The molecule has 2 N–H and O–H groups in total. The van der Waals surface area contributed by atoms with Gasteiger partial charge in [0.1, 0.15) is 11.9 Å². The summed E-state index contributed by atoms with van der Waals surface area (Å²) in [6, 6.07) is 12.3. The largest absolute Gasteiger partial charge is 0.453 e. The molecule has 2 amide bonds. The lowest BCUT2D eigenvalue weighted by Crippen LogP contribution is -2.51. The molecule has 0 unspecified atom stereocenters. The Morgan fingerprint density at radius 2 is 1.86 bits per heavy atom. The Hall–Kier alpha value is -3.13. The van der Waals surface area contributed by atoms with Crippen LogP contribution in [0.1, 0.15) is 49.7 Å². The van der Waals surface area contributed by atoms with E-state index in [4.69, 9.17) is 4.74 Å². The summed E-state index contributed by atoms with van der Waals surface area (Å²) in [5.41, 5.74) is 7.35. The highest BCUT2D eigenvalue weighted by Crippen LogP contribution is 2.38. The molecule has 2 aliphatic rings. The third kappa shape index (κ3) is 4.66. The van der Waals surface area contributed by atoms with E-state index in [9.17, 15) is 9.59 Å². The van der Waals surface area contributed by atoms with Gasteiger partial charge in [-0.2, -0.15) is 0 Å². The highest BCUT2D eigenvalue weighted by molar-refractivity contribution is 9.10. The van der Waals surface area contributed by atoms with Gasteiger partial charge in [0.05, 0.1) is 25.0 Å². The van der Waals surface area contributed by atoms with Gasteiger partial charge in [-0.25, -0.2) is 9.78 Å². The number of likely N-dealkylation sites (tertiary alicyclic amines) is 1. The van der Waals surface area contributed by atoms with Crippen LogP contribution in [0.3, 0.4) is 0 Å². The van der Waals surface area contributed by atoms with Crippen LogP contribution in [0.15, 0.2) is 47.1 Å². The summed E-state index contributed by atoms with van der Waals surface area (Å²) in [5.74, 6) is 0.617. The molecular formula is C28H31BrN4O3. The van der Waals surface area contributed by atoms with Crippen LogP contribution in [0.2, 0.25) is 0 Å². The number of aromatic amines is 1. The van der Waals surface area contributed by atoms with E-state index in [-0.39, 0.29) is 17.9 Å². The fraction of sp³-hybridized carbons (Fsp3) is 0.393. The molecule has 0 bridgehead atoms. The van der Waals surface area contributed by atoms with Crippen molar-refractivity contribution in [3.05, 3.63) is 64.0 Å². The molecule has 8 heteroatoms. The SMILES string of the molecule is COC(=O)N[C@H](C(=O)N1CCC[C@H]1c1ncc(-c2ccc3c(c2)CCc2cc(Br)ccc2-3)[nH]1)C(C)C. The summed E-state index contributed by atoms with van der Waals surface area (Å²) in [4.78, 5) is 35.2. The number of alkyl carbamates (subject to hydrolysis) is 1. The standard InChI is InChI=1S/C28H31BrN4O3/c1-16(2)25(32-28(35)36-3)27(34)33-12-4-5-24(33)26-30-15-23(31-26)19-8-10-21-17(13-19)6-7-18-14-20(29)9-11-22(18)21/h8-11,13-16,24-25H,4-7,12H2,1-3H3,(H,30,31)(H,32,35)/t24-,25-/m0/s1. The minimum absolute atomic E-state index is 0.0632. The molecule has 2 aromatic carbocycles. The van der Waals surface area contributed by atoms with E-state index in [0.29, 0.717) is 6.54 Å². The quantitative estimate of drug-likeness (QED) is 0.429. The van der Waals surface area contributed by atoms with Crippen molar-refractivity contribution in [3.8, 4) is 22.4 Å². The van der Waals surface area contributed by atoms with Crippen molar-refractivity contribution in [2.75, 3.05) is 13.7 Å². The number of aromatic nitrogens is 2. The van der Waals surface area contributed by atoms with Crippen molar-refractivity contribution < 1.29 is 14.3 Å². The maximum Gasteiger partial charge on any atom is 0.407 e. The summed E-state index contributed by atoms with van der Waals surface area (Å²) in [6.45, 7) is 4.48. The number of methoxy groups -OCH3 is 1. The molecule has 1 aliphatic carbocycles. The van der Waals surface area contributed by atoms with E-state index in [1.165, 1.54) is 29.4 Å². The number of ether oxygens (including phenoxy) is 1. The number of hydrogen-bond acceptors (Lipinski definition) is 4. The van der Waals surface area contributed by atoms with Crippen LogP contribution in [0.4, 0.5) is 4.79 Å². The van der Waals surface area contributed by atoms with Crippen LogP contribution in [0.25, 0.3) is 22.4 Å². The first-order valence-corrected chi connectivity index (χ1v) is 13.3. The molecule has 2 heterocycles. The van der Waals surface area contributed by atoms with Crippen LogP contribution >= 0.6 is 15.9 Å². The number of benzene rings is 2. The third-order valence-electron chi connectivity index (χ3n) is 7.28. The highest BCUT2D eigenvalue weighted by atomic mass is 79.9. The van der Waals surface area contributed by atoms with E-state index in [0.717, 1.165) is 47.2 Å². The van der Waals surface area contributed by atoms with E-state index in [1.807, 2.05) is 24.9 Å². The number of carbonyl (C=O) groups is 2. The zero-order valence-electron chi connectivity index (χ0n) is 20.8. The number of hydrogen-bond donors (Lipinski definition) is 2. The van der Waals surface area contributed by atoms with Gasteiger partial charge in [-0.3, -0.25) is 4.79 Å². The molecule has 0 saturated carbocycles. The lowest BCUT2D eigenvalue weighted by atomic mass is 9.84. The Morgan fingerprint density at radius 3 is 2.58 bits per heavy atom. The number of aryl methyl sites for hydroxylation is 2. The molecule has 1 aliphatic heterocycles. The molecule has 1 saturated heterocycles. The number of carbonyl (C=O) groups excluding carboxylic acids is 2. The maximum absolute atomic E-state index is 13.4. The summed E-state index contributed by atoms with van der Waals surface area (Å²) < 4.78 is 5.85. The average molecular weight is 551 g/mol. The fourth-order valence-electron chi connectivity index (χ4n) is 5.38. The number of amides is 2. The lowest BCUT2D eigenvalue weighted by Gasteiger charge is -2.30. The summed E-state index contributed by atoms with van der Waals surface area (Å²) >= 11 is 3.58. The lowest BCUT2D eigenvalue weighted by molar-refractivity contribution is -0.135. The van der Waals surface area contributed by atoms with Gasteiger partial charge in [-0.15, -0.1) is 0 Å². The van der Waals surface area contributed by atoms with Crippen molar-refractivity contribution in [2.24, 2.45) is 5.92 Å². The molecule has 1 aromatic heterocycles. The number of imidazole rings is 1. The van der Waals surface area contributed by atoms with Gasteiger partial charge in [-0.05, 0) is 77.6 Å². The van der Waals surface area contributed by atoms with Gasteiger partial charge in [0, 0.05) is 11.0 Å². The van der Waals surface area contributed by atoms with Crippen LogP contribution in [0, 0.1) is 5.92 Å². The second kappa shape index (κ2) is 10.1. The van der Waals surface area contributed by atoms with E-state index >= 15 is 0 Å². The molecule has 2 atom stereocenters. The first-order valence-electron chi connectivity index (χ1n) is 12.5. The number of nitrogens with zero attached hydrogens (tertiary/aromatic N) is 2. The average Bonchev–Trinajstić information content (AvgIpc) is 3.55. The van der Waals surface area contributed by atoms with Crippen molar-refractivity contribution >= 4 is 27.9 Å². The smallest absolute Gasteiger partial charge is 0.407 e. The van der Waals surface area contributed by atoms with E-state index < -0.39 is 12.1 Å². The molecular weight excluding hydrogens is 520 g/mol. The highest BCUT2D eigenvalue weighted by Gasteiger charge is 2.37. The molecule has 1 fully saturated rings. The molecule has 5 rings (SSSR count). The molecule has 0 spiro atoms. The third-order valence-corrected chi connectivity index (χ3v) is 7.77. The van der Waals surface area contributed by atoms with Crippen molar-refractivity contribution in [2.45, 2.75) is 51.6 Å². The minimum atomic E-state index is -0.642. The molecule has 7 nitrogen and oxygen atoms in total.